The molecular formula is C16H22FNO. The molecule has 3 heteroatoms. The molecule has 0 amide bonds. The van der Waals surface area contributed by atoms with Gasteiger partial charge < -0.3 is 10.1 Å². The molecule has 104 valence electrons. The Morgan fingerprint density at radius 2 is 1.95 bits per heavy atom. The zero-order chi connectivity index (χ0) is 13.1. The maximum atomic E-state index is 13.3. The van der Waals surface area contributed by atoms with E-state index in [9.17, 15) is 4.39 Å². The van der Waals surface area contributed by atoms with E-state index in [1.54, 1.807) is 12.1 Å². The third-order valence-corrected chi connectivity index (χ3v) is 4.40. The lowest BCUT2D eigenvalue weighted by Gasteiger charge is -2.41. The summed E-state index contributed by atoms with van der Waals surface area (Å²) in [6.45, 7) is 1.73. The van der Waals surface area contributed by atoms with Crippen LogP contribution in [0.1, 0.15) is 50.2 Å². The van der Waals surface area contributed by atoms with E-state index in [0.29, 0.717) is 0 Å². The molecule has 1 aromatic carbocycles. The van der Waals surface area contributed by atoms with E-state index >= 15 is 0 Å². The molecule has 1 unspecified atom stereocenters. The lowest BCUT2D eigenvalue weighted by Crippen LogP contribution is -2.50. The second-order valence-electron chi connectivity index (χ2n) is 5.89. The van der Waals surface area contributed by atoms with Crippen LogP contribution in [0.2, 0.25) is 0 Å². The van der Waals surface area contributed by atoms with Crippen molar-refractivity contribution in [1.82, 2.24) is 5.32 Å². The van der Waals surface area contributed by atoms with E-state index in [1.165, 1.54) is 31.7 Å². The number of ether oxygens (including phenoxy) is 1. The van der Waals surface area contributed by atoms with Crippen molar-refractivity contribution in [1.29, 1.82) is 0 Å². The minimum atomic E-state index is -0.179. The van der Waals surface area contributed by atoms with E-state index in [2.05, 4.69) is 5.32 Å². The van der Waals surface area contributed by atoms with E-state index in [0.717, 1.165) is 31.5 Å². The van der Waals surface area contributed by atoms with Gasteiger partial charge in [0.2, 0.25) is 0 Å². The molecule has 1 saturated heterocycles. The van der Waals surface area contributed by atoms with Crippen LogP contribution < -0.4 is 5.32 Å². The Bertz CT molecular complexity index is 427. The van der Waals surface area contributed by atoms with Crippen molar-refractivity contribution in [2.75, 3.05) is 13.1 Å². The van der Waals surface area contributed by atoms with E-state index in [4.69, 9.17) is 4.74 Å². The van der Waals surface area contributed by atoms with Crippen molar-refractivity contribution in [3.8, 4) is 0 Å². The smallest absolute Gasteiger partial charge is 0.123 e. The third-order valence-electron chi connectivity index (χ3n) is 4.40. The summed E-state index contributed by atoms with van der Waals surface area (Å²) in [5, 5.41) is 3.49. The Hall–Kier alpha value is -0.930. The summed E-state index contributed by atoms with van der Waals surface area (Å²) < 4.78 is 19.8. The maximum Gasteiger partial charge on any atom is 0.123 e. The van der Waals surface area contributed by atoms with Gasteiger partial charge in [0.05, 0.1) is 11.7 Å². The minimum absolute atomic E-state index is 0.0115. The van der Waals surface area contributed by atoms with Crippen molar-refractivity contribution in [3.63, 3.8) is 0 Å². The first-order valence-electron chi connectivity index (χ1n) is 7.41. The molecule has 1 aromatic rings. The summed E-state index contributed by atoms with van der Waals surface area (Å²) in [5.41, 5.74) is 0.932. The van der Waals surface area contributed by atoms with Crippen LogP contribution in [0.3, 0.4) is 0 Å². The van der Waals surface area contributed by atoms with Crippen LogP contribution in [-0.4, -0.2) is 18.7 Å². The molecule has 0 bridgehead atoms. The molecule has 1 saturated carbocycles. The molecule has 2 fully saturated rings. The van der Waals surface area contributed by atoms with Gasteiger partial charge in [0, 0.05) is 13.1 Å². The Labute approximate surface area is 114 Å². The monoisotopic (exact) mass is 263 g/mol. The number of rotatable bonds is 1. The number of hydrogen-bond donors (Lipinski definition) is 1. The Morgan fingerprint density at radius 3 is 2.68 bits per heavy atom. The van der Waals surface area contributed by atoms with E-state index in [1.807, 2.05) is 6.07 Å². The van der Waals surface area contributed by atoms with Gasteiger partial charge >= 0.3 is 0 Å². The van der Waals surface area contributed by atoms with E-state index in [-0.39, 0.29) is 17.5 Å². The molecular weight excluding hydrogens is 241 g/mol. The Balaban J connectivity index is 1.77. The highest BCUT2D eigenvalue weighted by Crippen LogP contribution is 2.37. The summed E-state index contributed by atoms with van der Waals surface area (Å²) in [6.07, 6.45) is 7.38. The average molecular weight is 263 g/mol. The largest absolute Gasteiger partial charge is 0.364 e. The lowest BCUT2D eigenvalue weighted by molar-refractivity contribution is -0.126. The van der Waals surface area contributed by atoms with Crippen LogP contribution in [-0.2, 0) is 4.74 Å². The fraction of sp³-hybridized carbons (Fsp3) is 0.625. The van der Waals surface area contributed by atoms with Gasteiger partial charge in [-0.3, -0.25) is 0 Å². The van der Waals surface area contributed by atoms with Gasteiger partial charge in [-0.25, -0.2) is 4.39 Å². The third kappa shape index (κ3) is 2.98. The summed E-state index contributed by atoms with van der Waals surface area (Å²) in [7, 11) is 0. The Morgan fingerprint density at radius 1 is 1.16 bits per heavy atom. The molecule has 2 aliphatic rings. The van der Waals surface area contributed by atoms with Gasteiger partial charge in [0.1, 0.15) is 5.82 Å². The molecule has 1 aliphatic heterocycles. The van der Waals surface area contributed by atoms with Gasteiger partial charge in [-0.05, 0) is 30.5 Å². The summed E-state index contributed by atoms with van der Waals surface area (Å²) in [4.78, 5) is 0. The standard InChI is InChI=1S/C16H22FNO/c17-14-7-5-6-13(10-14)15-11-18-12-16(19-15)8-3-1-2-4-9-16/h5-7,10,15,18H,1-4,8-9,11-12H2. The first-order valence-corrected chi connectivity index (χ1v) is 7.41. The molecule has 1 atom stereocenters. The van der Waals surface area contributed by atoms with Crippen molar-refractivity contribution in [2.45, 2.75) is 50.2 Å². The molecule has 1 heterocycles. The highest BCUT2D eigenvalue weighted by Gasteiger charge is 2.37. The van der Waals surface area contributed by atoms with Gasteiger partial charge in [-0.1, -0.05) is 37.8 Å². The van der Waals surface area contributed by atoms with Crippen LogP contribution in [0.5, 0.6) is 0 Å². The predicted octanol–water partition coefficient (Wildman–Crippen LogP) is 3.58. The van der Waals surface area contributed by atoms with Gasteiger partial charge in [-0.2, -0.15) is 0 Å². The quantitative estimate of drug-likeness (QED) is 0.836. The van der Waals surface area contributed by atoms with Crippen molar-refractivity contribution >= 4 is 0 Å². The molecule has 19 heavy (non-hydrogen) atoms. The summed E-state index contributed by atoms with van der Waals surface area (Å²) in [6, 6.07) is 6.82. The second kappa shape index (κ2) is 5.59. The fourth-order valence-electron chi connectivity index (χ4n) is 3.38. The van der Waals surface area contributed by atoms with Gasteiger partial charge in [-0.15, -0.1) is 0 Å². The molecule has 2 nitrogen and oxygen atoms in total. The zero-order valence-corrected chi connectivity index (χ0v) is 11.3. The number of benzene rings is 1. The normalized spacial score (nSPS) is 27.1. The SMILES string of the molecule is Fc1cccc(C2CNCC3(CCCCCC3)O2)c1. The van der Waals surface area contributed by atoms with Crippen LogP contribution in [0.4, 0.5) is 4.39 Å². The van der Waals surface area contributed by atoms with Crippen LogP contribution in [0.15, 0.2) is 24.3 Å². The first-order chi connectivity index (χ1) is 9.27. The van der Waals surface area contributed by atoms with Gasteiger partial charge in [0.15, 0.2) is 0 Å². The number of halogens is 1. The second-order valence-corrected chi connectivity index (χ2v) is 5.89. The highest BCUT2D eigenvalue weighted by molar-refractivity contribution is 5.20. The first kappa shape index (κ1) is 13.1. The highest BCUT2D eigenvalue weighted by atomic mass is 19.1. The van der Waals surface area contributed by atoms with Crippen LogP contribution >= 0.6 is 0 Å². The molecule has 1 aliphatic carbocycles. The molecule has 0 radical (unpaired) electrons. The molecule has 0 aromatic heterocycles. The van der Waals surface area contributed by atoms with Crippen molar-refractivity contribution < 1.29 is 9.13 Å². The average Bonchev–Trinajstić information content (AvgIpc) is 2.65. The minimum Gasteiger partial charge on any atom is -0.364 e. The van der Waals surface area contributed by atoms with Crippen molar-refractivity contribution in [2.24, 2.45) is 0 Å². The topological polar surface area (TPSA) is 21.3 Å². The van der Waals surface area contributed by atoms with Crippen LogP contribution in [0, 0.1) is 5.82 Å². The summed E-state index contributed by atoms with van der Waals surface area (Å²) in [5.74, 6) is -0.179. The van der Waals surface area contributed by atoms with Gasteiger partial charge in [0.25, 0.3) is 0 Å². The number of morpholine rings is 1. The molecule has 1 spiro atoms. The summed E-state index contributed by atoms with van der Waals surface area (Å²) >= 11 is 0. The number of hydrogen-bond acceptors (Lipinski definition) is 2. The number of nitrogens with one attached hydrogen (secondary N) is 1. The molecule has 1 N–H and O–H groups in total. The zero-order valence-electron chi connectivity index (χ0n) is 11.3. The van der Waals surface area contributed by atoms with Crippen LogP contribution in [0.25, 0.3) is 0 Å². The Kier molecular flexibility index (Phi) is 3.85. The van der Waals surface area contributed by atoms with Crippen molar-refractivity contribution in [3.05, 3.63) is 35.6 Å². The predicted molar refractivity (Wildman–Crippen MR) is 73.5 cm³/mol. The maximum absolute atomic E-state index is 13.3. The molecule has 3 rings (SSSR count). The lowest BCUT2D eigenvalue weighted by atomic mass is 9.91. The fourth-order valence-corrected chi connectivity index (χ4v) is 3.38. The van der Waals surface area contributed by atoms with E-state index < -0.39 is 0 Å².